The Labute approximate surface area is 96.9 Å². The van der Waals surface area contributed by atoms with E-state index in [-0.39, 0.29) is 11.9 Å². The van der Waals surface area contributed by atoms with Crippen LogP contribution in [0.5, 0.6) is 5.75 Å². The third-order valence-electron chi connectivity index (χ3n) is 2.52. The number of fused-ring (bicyclic) bond motifs is 1. The Bertz CT molecular complexity index is 370. The fraction of sp³-hybridized carbons (Fsp3) is 0.455. The quantitative estimate of drug-likeness (QED) is 0.895. The van der Waals surface area contributed by atoms with Gasteiger partial charge >= 0.3 is 0 Å². The summed E-state index contributed by atoms with van der Waals surface area (Å²) < 4.78 is 19.7. The van der Waals surface area contributed by atoms with Crippen LogP contribution in [0.15, 0.2) is 16.6 Å². The Balaban J connectivity index is 2.41. The molecule has 2 nitrogen and oxygen atoms in total. The van der Waals surface area contributed by atoms with Crippen molar-refractivity contribution in [3.63, 3.8) is 0 Å². The van der Waals surface area contributed by atoms with E-state index in [1.165, 1.54) is 6.07 Å². The van der Waals surface area contributed by atoms with Crippen LogP contribution in [0.2, 0.25) is 0 Å². The van der Waals surface area contributed by atoms with Crippen molar-refractivity contribution in [3.05, 3.63) is 28.0 Å². The van der Waals surface area contributed by atoms with Crippen LogP contribution < -0.4 is 10.1 Å². The standard InChI is InChI=1S/C11H13BrFNO/c1-2-14-10-3-4-15-11-8(10)5-7(12)6-9(11)13/h5-6,10,14H,2-4H2,1H3. The van der Waals surface area contributed by atoms with Crippen molar-refractivity contribution in [1.29, 1.82) is 0 Å². The number of hydrogen-bond acceptors (Lipinski definition) is 2. The van der Waals surface area contributed by atoms with Gasteiger partial charge in [-0.3, -0.25) is 0 Å². The largest absolute Gasteiger partial charge is 0.490 e. The molecule has 0 radical (unpaired) electrons. The van der Waals surface area contributed by atoms with Gasteiger partial charge in [0.25, 0.3) is 0 Å². The highest BCUT2D eigenvalue weighted by Crippen LogP contribution is 2.36. The molecule has 1 heterocycles. The lowest BCUT2D eigenvalue weighted by atomic mass is 10.0. The Morgan fingerprint density at radius 2 is 2.40 bits per heavy atom. The summed E-state index contributed by atoms with van der Waals surface area (Å²) in [5.41, 5.74) is 0.912. The van der Waals surface area contributed by atoms with Crippen molar-refractivity contribution in [2.75, 3.05) is 13.2 Å². The maximum Gasteiger partial charge on any atom is 0.166 e. The first-order chi connectivity index (χ1) is 7.22. The fourth-order valence-corrected chi connectivity index (χ4v) is 2.33. The second kappa shape index (κ2) is 4.49. The van der Waals surface area contributed by atoms with Crippen molar-refractivity contribution >= 4 is 15.9 Å². The molecule has 0 bridgehead atoms. The zero-order valence-corrected chi connectivity index (χ0v) is 10.1. The van der Waals surface area contributed by atoms with E-state index in [9.17, 15) is 4.39 Å². The molecule has 82 valence electrons. The van der Waals surface area contributed by atoms with Gasteiger partial charge < -0.3 is 10.1 Å². The summed E-state index contributed by atoms with van der Waals surface area (Å²) in [6.07, 6.45) is 0.886. The molecule has 4 heteroatoms. The zero-order valence-electron chi connectivity index (χ0n) is 8.52. The Morgan fingerprint density at radius 1 is 1.60 bits per heavy atom. The van der Waals surface area contributed by atoms with Gasteiger partial charge in [0.1, 0.15) is 0 Å². The third-order valence-corrected chi connectivity index (χ3v) is 2.97. The van der Waals surface area contributed by atoms with E-state index < -0.39 is 0 Å². The normalized spacial score (nSPS) is 19.5. The van der Waals surface area contributed by atoms with Gasteiger partial charge in [-0.15, -0.1) is 0 Å². The van der Waals surface area contributed by atoms with Crippen molar-refractivity contribution in [1.82, 2.24) is 5.32 Å². The third kappa shape index (κ3) is 2.16. The summed E-state index contributed by atoms with van der Waals surface area (Å²) in [4.78, 5) is 0. The molecule has 1 N–H and O–H groups in total. The average Bonchev–Trinajstić information content (AvgIpc) is 2.19. The minimum Gasteiger partial charge on any atom is -0.490 e. The summed E-state index contributed by atoms with van der Waals surface area (Å²) >= 11 is 3.30. The molecular formula is C11H13BrFNO. The first-order valence-corrected chi connectivity index (χ1v) is 5.86. The summed E-state index contributed by atoms with van der Waals surface area (Å²) in [6, 6.07) is 3.56. The second-order valence-electron chi connectivity index (χ2n) is 3.55. The van der Waals surface area contributed by atoms with E-state index in [0.717, 1.165) is 23.0 Å². The molecule has 0 fully saturated rings. The van der Waals surface area contributed by atoms with Gasteiger partial charge in [0.15, 0.2) is 11.6 Å². The molecule has 0 aromatic heterocycles. The summed E-state index contributed by atoms with van der Waals surface area (Å²) in [5.74, 6) is 0.109. The molecule has 0 saturated carbocycles. The van der Waals surface area contributed by atoms with Crippen molar-refractivity contribution < 1.29 is 9.13 Å². The number of nitrogens with one attached hydrogen (secondary N) is 1. The number of hydrogen-bond donors (Lipinski definition) is 1. The maximum absolute atomic E-state index is 13.6. The topological polar surface area (TPSA) is 21.3 Å². The second-order valence-corrected chi connectivity index (χ2v) is 4.47. The van der Waals surface area contributed by atoms with E-state index >= 15 is 0 Å². The van der Waals surface area contributed by atoms with Crippen molar-refractivity contribution in [2.45, 2.75) is 19.4 Å². The molecule has 2 rings (SSSR count). The van der Waals surface area contributed by atoms with Crippen molar-refractivity contribution in [2.24, 2.45) is 0 Å². The SMILES string of the molecule is CCNC1CCOc2c(F)cc(Br)cc21. The Kier molecular flexibility index (Phi) is 3.26. The molecule has 0 amide bonds. The van der Waals surface area contributed by atoms with Gasteiger partial charge in [-0.1, -0.05) is 22.9 Å². The molecule has 1 aromatic carbocycles. The van der Waals surface area contributed by atoms with Crippen LogP contribution in [-0.4, -0.2) is 13.2 Å². The Morgan fingerprint density at radius 3 is 3.13 bits per heavy atom. The van der Waals surface area contributed by atoms with Gasteiger partial charge in [0.2, 0.25) is 0 Å². The molecule has 1 unspecified atom stereocenters. The smallest absolute Gasteiger partial charge is 0.166 e. The fourth-order valence-electron chi connectivity index (χ4n) is 1.88. The molecule has 15 heavy (non-hydrogen) atoms. The summed E-state index contributed by atoms with van der Waals surface area (Å²) in [7, 11) is 0. The summed E-state index contributed by atoms with van der Waals surface area (Å²) in [5, 5.41) is 3.33. The monoisotopic (exact) mass is 273 g/mol. The Hall–Kier alpha value is -0.610. The molecule has 1 atom stereocenters. The number of ether oxygens (including phenoxy) is 1. The van der Waals surface area contributed by atoms with Crippen LogP contribution in [0.1, 0.15) is 24.9 Å². The van der Waals surface area contributed by atoms with E-state index in [1.54, 1.807) is 0 Å². The lowest BCUT2D eigenvalue weighted by molar-refractivity contribution is 0.242. The van der Waals surface area contributed by atoms with Gasteiger partial charge in [-0.05, 0) is 18.7 Å². The maximum atomic E-state index is 13.6. The van der Waals surface area contributed by atoms with E-state index in [2.05, 4.69) is 21.2 Å². The van der Waals surface area contributed by atoms with Crippen molar-refractivity contribution in [3.8, 4) is 5.75 Å². The van der Waals surface area contributed by atoms with Gasteiger partial charge in [-0.2, -0.15) is 0 Å². The molecular weight excluding hydrogens is 261 g/mol. The van der Waals surface area contributed by atoms with Gasteiger partial charge in [0.05, 0.1) is 6.61 Å². The van der Waals surface area contributed by atoms with Crippen LogP contribution in [0.25, 0.3) is 0 Å². The number of rotatable bonds is 2. The number of benzene rings is 1. The van der Waals surface area contributed by atoms with E-state index in [1.807, 2.05) is 13.0 Å². The van der Waals surface area contributed by atoms with E-state index in [0.29, 0.717) is 12.4 Å². The predicted octanol–water partition coefficient (Wildman–Crippen LogP) is 3.02. The highest BCUT2D eigenvalue weighted by molar-refractivity contribution is 9.10. The van der Waals surface area contributed by atoms with Crippen LogP contribution >= 0.6 is 15.9 Å². The minimum atomic E-state index is -0.290. The molecule has 0 aliphatic carbocycles. The van der Waals surface area contributed by atoms with Gasteiger partial charge in [0, 0.05) is 22.5 Å². The molecule has 0 spiro atoms. The highest BCUT2D eigenvalue weighted by Gasteiger charge is 2.23. The summed E-state index contributed by atoms with van der Waals surface area (Å²) in [6.45, 7) is 3.49. The lowest BCUT2D eigenvalue weighted by Crippen LogP contribution is -2.27. The van der Waals surface area contributed by atoms with E-state index in [4.69, 9.17) is 4.74 Å². The molecule has 1 aromatic rings. The van der Waals surface area contributed by atoms with Gasteiger partial charge in [-0.25, -0.2) is 4.39 Å². The van der Waals surface area contributed by atoms with Crippen LogP contribution in [0.4, 0.5) is 4.39 Å². The van der Waals surface area contributed by atoms with Crippen LogP contribution in [-0.2, 0) is 0 Å². The highest BCUT2D eigenvalue weighted by atomic mass is 79.9. The predicted molar refractivity (Wildman–Crippen MR) is 60.6 cm³/mol. The lowest BCUT2D eigenvalue weighted by Gasteiger charge is -2.26. The average molecular weight is 274 g/mol. The number of halogens is 2. The molecule has 1 aliphatic heterocycles. The first kappa shape index (κ1) is 10.9. The van der Waals surface area contributed by atoms with Crippen LogP contribution in [0.3, 0.4) is 0 Å². The first-order valence-electron chi connectivity index (χ1n) is 5.07. The van der Waals surface area contributed by atoms with Crippen LogP contribution in [0, 0.1) is 5.82 Å². The minimum absolute atomic E-state index is 0.200. The molecule has 0 saturated heterocycles. The molecule has 1 aliphatic rings. The zero-order chi connectivity index (χ0) is 10.8.